The lowest BCUT2D eigenvalue weighted by molar-refractivity contribution is 0.504. The normalized spacial score (nSPS) is 15.6. The minimum atomic E-state index is -3.52. The van der Waals surface area contributed by atoms with Crippen LogP contribution in [0.2, 0.25) is 0 Å². The predicted molar refractivity (Wildman–Crippen MR) is 92.7 cm³/mol. The van der Waals surface area contributed by atoms with Gasteiger partial charge in [-0.15, -0.1) is 0 Å². The maximum atomic E-state index is 13.9. The Morgan fingerprint density at radius 3 is 2.32 bits per heavy atom. The van der Waals surface area contributed by atoms with Crippen molar-refractivity contribution in [3.63, 3.8) is 0 Å². The van der Waals surface area contributed by atoms with Gasteiger partial charge in [-0.25, -0.2) is 12.8 Å². The largest absolute Gasteiger partial charge is 0.307 e. The van der Waals surface area contributed by atoms with Crippen LogP contribution in [0.3, 0.4) is 0 Å². The number of halogens is 1. The average Bonchev–Trinajstić information content (AvgIpc) is 2.33. The zero-order chi connectivity index (χ0) is 17.1. The Morgan fingerprint density at radius 2 is 1.86 bits per heavy atom. The summed E-state index contributed by atoms with van der Waals surface area (Å²) in [6.45, 7) is 10.6. The number of hydrogen-bond donors (Lipinski definition) is 1. The van der Waals surface area contributed by atoms with Gasteiger partial charge in [-0.2, -0.15) is 11.8 Å². The highest BCUT2D eigenvalue weighted by atomic mass is 32.2. The van der Waals surface area contributed by atoms with E-state index in [9.17, 15) is 12.8 Å². The van der Waals surface area contributed by atoms with Crippen molar-refractivity contribution in [2.75, 3.05) is 12.0 Å². The standard InChI is InChI=1S/C16H26FNO2S2/c1-11(10-21-16(3,4)5)18-12(2)13-7-8-15(14(17)9-13)22(6,19)20/h7-9,11-12,18H,10H2,1-6H3/t11-,12+/m1/s1. The molecule has 2 atom stereocenters. The van der Waals surface area contributed by atoms with E-state index < -0.39 is 15.7 Å². The second-order valence-corrected chi connectivity index (χ2v) is 10.5. The lowest BCUT2D eigenvalue weighted by Gasteiger charge is -2.24. The Bertz CT molecular complexity index is 609. The van der Waals surface area contributed by atoms with Crippen molar-refractivity contribution in [2.45, 2.75) is 56.3 Å². The molecule has 0 bridgehead atoms. The first-order valence-electron chi connectivity index (χ1n) is 7.29. The van der Waals surface area contributed by atoms with Crippen molar-refractivity contribution in [3.05, 3.63) is 29.6 Å². The minimum absolute atomic E-state index is 0.0429. The summed E-state index contributed by atoms with van der Waals surface area (Å²) in [4.78, 5) is -0.250. The van der Waals surface area contributed by atoms with E-state index in [0.29, 0.717) is 0 Å². The van der Waals surface area contributed by atoms with Crippen LogP contribution in [0.15, 0.2) is 23.1 Å². The van der Waals surface area contributed by atoms with Crippen molar-refractivity contribution in [1.29, 1.82) is 0 Å². The third kappa shape index (κ3) is 6.26. The highest BCUT2D eigenvalue weighted by Crippen LogP contribution is 2.25. The van der Waals surface area contributed by atoms with Gasteiger partial charge in [-0.1, -0.05) is 26.8 Å². The number of thioether (sulfide) groups is 1. The molecule has 1 aromatic carbocycles. The molecule has 0 aliphatic rings. The third-order valence-corrected chi connectivity index (χ3v) is 5.82. The number of sulfone groups is 1. The predicted octanol–water partition coefficient (Wildman–Crippen LogP) is 3.80. The van der Waals surface area contributed by atoms with Gasteiger partial charge in [0.2, 0.25) is 0 Å². The Balaban J connectivity index is 2.74. The molecule has 0 heterocycles. The van der Waals surface area contributed by atoms with Crippen LogP contribution in [0.5, 0.6) is 0 Å². The lowest BCUT2D eigenvalue weighted by atomic mass is 10.1. The summed E-state index contributed by atoms with van der Waals surface area (Å²) in [6, 6.07) is 4.54. The van der Waals surface area contributed by atoms with E-state index in [4.69, 9.17) is 0 Å². The quantitative estimate of drug-likeness (QED) is 0.850. The molecule has 0 radical (unpaired) electrons. The van der Waals surface area contributed by atoms with Crippen molar-refractivity contribution >= 4 is 21.6 Å². The number of rotatable bonds is 6. The molecular weight excluding hydrogens is 321 g/mol. The van der Waals surface area contributed by atoms with Crippen LogP contribution >= 0.6 is 11.8 Å². The molecule has 0 aromatic heterocycles. The Hall–Kier alpha value is -0.590. The molecule has 0 unspecified atom stereocenters. The van der Waals surface area contributed by atoms with E-state index in [2.05, 4.69) is 33.0 Å². The third-order valence-electron chi connectivity index (χ3n) is 3.16. The minimum Gasteiger partial charge on any atom is -0.307 e. The Morgan fingerprint density at radius 1 is 1.27 bits per heavy atom. The maximum absolute atomic E-state index is 13.9. The molecule has 6 heteroatoms. The van der Waals surface area contributed by atoms with Crippen molar-refractivity contribution in [3.8, 4) is 0 Å². The summed E-state index contributed by atoms with van der Waals surface area (Å²) in [5.41, 5.74) is 0.748. The summed E-state index contributed by atoms with van der Waals surface area (Å²) in [5, 5.41) is 3.42. The van der Waals surface area contributed by atoms with Gasteiger partial charge < -0.3 is 5.32 Å². The van der Waals surface area contributed by atoms with E-state index >= 15 is 0 Å². The first kappa shape index (κ1) is 19.5. The van der Waals surface area contributed by atoms with Gasteiger partial charge in [0.05, 0.1) is 0 Å². The van der Waals surface area contributed by atoms with Gasteiger partial charge in [0.25, 0.3) is 0 Å². The molecule has 0 saturated carbocycles. The molecule has 0 aliphatic carbocycles. The highest BCUT2D eigenvalue weighted by molar-refractivity contribution is 8.00. The molecule has 0 aliphatic heterocycles. The maximum Gasteiger partial charge on any atom is 0.178 e. The molecule has 3 nitrogen and oxygen atoms in total. The summed E-state index contributed by atoms with van der Waals surface area (Å²) < 4.78 is 37.0. The van der Waals surface area contributed by atoms with E-state index in [1.807, 2.05) is 18.7 Å². The Labute approximate surface area is 138 Å². The van der Waals surface area contributed by atoms with Gasteiger partial charge in [-0.05, 0) is 31.5 Å². The van der Waals surface area contributed by atoms with Gasteiger partial charge in [0.15, 0.2) is 9.84 Å². The average molecular weight is 348 g/mol. The molecule has 1 N–H and O–H groups in total. The van der Waals surface area contributed by atoms with Crippen LogP contribution in [0.25, 0.3) is 0 Å². The monoisotopic (exact) mass is 347 g/mol. The summed E-state index contributed by atoms with van der Waals surface area (Å²) in [6.07, 6.45) is 1.01. The van der Waals surface area contributed by atoms with E-state index in [1.54, 1.807) is 6.07 Å². The topological polar surface area (TPSA) is 46.2 Å². The van der Waals surface area contributed by atoms with Crippen LogP contribution in [0.4, 0.5) is 4.39 Å². The van der Waals surface area contributed by atoms with Crippen molar-refractivity contribution < 1.29 is 12.8 Å². The molecule has 22 heavy (non-hydrogen) atoms. The fourth-order valence-electron chi connectivity index (χ4n) is 2.03. The summed E-state index contributed by atoms with van der Waals surface area (Å²) >= 11 is 1.87. The summed E-state index contributed by atoms with van der Waals surface area (Å²) in [5.74, 6) is 0.267. The van der Waals surface area contributed by atoms with Gasteiger partial charge in [0.1, 0.15) is 10.7 Å². The highest BCUT2D eigenvalue weighted by Gasteiger charge is 2.18. The van der Waals surface area contributed by atoms with Gasteiger partial charge in [0, 0.05) is 28.8 Å². The zero-order valence-corrected chi connectivity index (χ0v) is 15.7. The first-order valence-corrected chi connectivity index (χ1v) is 10.2. The molecule has 126 valence electrons. The smallest absolute Gasteiger partial charge is 0.178 e. The second kappa shape index (κ2) is 7.32. The number of benzene rings is 1. The lowest BCUT2D eigenvalue weighted by Crippen LogP contribution is -2.32. The molecule has 0 amide bonds. The fourth-order valence-corrected chi connectivity index (χ4v) is 3.61. The summed E-state index contributed by atoms with van der Waals surface area (Å²) in [7, 11) is -3.52. The van der Waals surface area contributed by atoms with Crippen LogP contribution in [-0.4, -0.2) is 31.2 Å². The molecule has 0 saturated heterocycles. The van der Waals surface area contributed by atoms with Gasteiger partial charge >= 0.3 is 0 Å². The van der Waals surface area contributed by atoms with Crippen LogP contribution in [0, 0.1) is 5.82 Å². The number of nitrogens with one attached hydrogen (secondary N) is 1. The molecular formula is C16H26FNO2S2. The van der Waals surface area contributed by atoms with E-state index in [0.717, 1.165) is 17.6 Å². The molecule has 1 rings (SSSR count). The zero-order valence-electron chi connectivity index (χ0n) is 14.1. The molecule has 0 spiro atoms. The van der Waals surface area contributed by atoms with Gasteiger partial charge in [-0.3, -0.25) is 0 Å². The van der Waals surface area contributed by atoms with E-state index in [-0.39, 0.29) is 21.7 Å². The SMILES string of the molecule is C[C@H](CSC(C)(C)C)N[C@@H](C)c1ccc(S(C)(=O)=O)c(F)c1. The fraction of sp³-hybridized carbons (Fsp3) is 0.625. The van der Waals surface area contributed by atoms with Crippen LogP contribution in [0.1, 0.15) is 46.2 Å². The van der Waals surface area contributed by atoms with Crippen molar-refractivity contribution in [1.82, 2.24) is 5.32 Å². The first-order chi connectivity index (χ1) is 9.90. The number of hydrogen-bond acceptors (Lipinski definition) is 4. The second-order valence-electron chi connectivity index (χ2n) is 6.67. The van der Waals surface area contributed by atoms with Crippen LogP contribution in [-0.2, 0) is 9.84 Å². The molecule has 0 fully saturated rings. The van der Waals surface area contributed by atoms with Crippen LogP contribution < -0.4 is 5.32 Å². The molecule has 1 aromatic rings. The van der Waals surface area contributed by atoms with E-state index in [1.165, 1.54) is 12.1 Å². The Kier molecular flexibility index (Phi) is 6.47. The van der Waals surface area contributed by atoms with Crippen molar-refractivity contribution in [2.24, 2.45) is 0 Å².